The SMILES string of the molecule is COC(=O)COc1cccc(N2C[C@@H](CCNCCc3cccc4ccccc34)Oc3ccc(F)cc32)c1. The zero-order valence-electron chi connectivity index (χ0n) is 21.4. The van der Waals surface area contributed by atoms with Gasteiger partial charge in [0.2, 0.25) is 0 Å². The van der Waals surface area contributed by atoms with Crippen molar-refractivity contribution in [2.45, 2.75) is 18.9 Å². The summed E-state index contributed by atoms with van der Waals surface area (Å²) in [6, 6.07) is 26.9. The van der Waals surface area contributed by atoms with E-state index in [2.05, 4.69) is 52.5 Å². The van der Waals surface area contributed by atoms with Crippen LogP contribution in [-0.2, 0) is 16.0 Å². The Morgan fingerprint density at radius 2 is 1.87 bits per heavy atom. The molecule has 0 amide bonds. The van der Waals surface area contributed by atoms with Crippen LogP contribution in [0.15, 0.2) is 84.9 Å². The van der Waals surface area contributed by atoms with Gasteiger partial charge in [-0.05, 0) is 66.5 Å². The van der Waals surface area contributed by atoms with Crippen molar-refractivity contribution in [3.8, 4) is 11.5 Å². The molecule has 0 spiro atoms. The molecule has 1 N–H and O–H groups in total. The number of hydrogen-bond acceptors (Lipinski definition) is 6. The monoisotopic (exact) mass is 514 g/mol. The summed E-state index contributed by atoms with van der Waals surface area (Å²) in [5, 5.41) is 6.11. The third-order valence-corrected chi connectivity index (χ3v) is 6.70. The molecule has 6 nitrogen and oxygen atoms in total. The lowest BCUT2D eigenvalue weighted by molar-refractivity contribution is -0.142. The minimum absolute atomic E-state index is 0.0855. The second-order valence-corrected chi connectivity index (χ2v) is 9.25. The first kappa shape index (κ1) is 25.5. The van der Waals surface area contributed by atoms with Crippen molar-refractivity contribution >= 4 is 28.1 Å². The Bertz CT molecular complexity index is 1400. The summed E-state index contributed by atoms with van der Waals surface area (Å²) >= 11 is 0. The first-order valence-electron chi connectivity index (χ1n) is 12.8. The van der Waals surface area contributed by atoms with Crippen LogP contribution in [0.25, 0.3) is 10.8 Å². The van der Waals surface area contributed by atoms with E-state index in [-0.39, 0.29) is 18.5 Å². The van der Waals surface area contributed by atoms with Gasteiger partial charge in [0.05, 0.1) is 19.3 Å². The molecule has 1 aliphatic rings. The van der Waals surface area contributed by atoms with Gasteiger partial charge in [-0.3, -0.25) is 0 Å². The number of nitrogens with one attached hydrogen (secondary N) is 1. The summed E-state index contributed by atoms with van der Waals surface area (Å²) in [5.74, 6) is 0.384. The number of methoxy groups -OCH3 is 1. The van der Waals surface area contributed by atoms with Crippen LogP contribution >= 0.6 is 0 Å². The van der Waals surface area contributed by atoms with Crippen molar-refractivity contribution in [3.63, 3.8) is 0 Å². The zero-order chi connectivity index (χ0) is 26.3. The normalized spacial score (nSPS) is 14.6. The van der Waals surface area contributed by atoms with Crippen LogP contribution in [0.5, 0.6) is 11.5 Å². The second kappa shape index (κ2) is 12.0. The van der Waals surface area contributed by atoms with Gasteiger partial charge >= 0.3 is 5.97 Å². The minimum atomic E-state index is -0.456. The predicted molar refractivity (Wildman–Crippen MR) is 147 cm³/mol. The minimum Gasteiger partial charge on any atom is -0.486 e. The molecular weight excluding hydrogens is 483 g/mol. The Kier molecular flexibility index (Phi) is 8.04. The van der Waals surface area contributed by atoms with Crippen molar-refractivity contribution in [3.05, 3.63) is 96.3 Å². The third-order valence-electron chi connectivity index (χ3n) is 6.70. The highest BCUT2D eigenvalue weighted by Crippen LogP contribution is 2.40. The molecule has 4 aromatic carbocycles. The van der Waals surface area contributed by atoms with E-state index < -0.39 is 5.97 Å². The van der Waals surface area contributed by atoms with Gasteiger partial charge in [-0.1, -0.05) is 48.5 Å². The van der Waals surface area contributed by atoms with Crippen molar-refractivity contribution in [1.82, 2.24) is 5.32 Å². The number of ether oxygens (including phenoxy) is 3. The van der Waals surface area contributed by atoms with E-state index in [1.54, 1.807) is 12.1 Å². The summed E-state index contributed by atoms with van der Waals surface area (Å²) in [4.78, 5) is 13.5. The number of halogens is 1. The van der Waals surface area contributed by atoms with Gasteiger partial charge in [0.1, 0.15) is 23.4 Å². The smallest absolute Gasteiger partial charge is 0.343 e. The zero-order valence-corrected chi connectivity index (χ0v) is 21.4. The van der Waals surface area contributed by atoms with E-state index in [1.165, 1.54) is 35.6 Å². The van der Waals surface area contributed by atoms with E-state index >= 15 is 0 Å². The summed E-state index contributed by atoms with van der Waals surface area (Å²) in [5.41, 5.74) is 2.83. The number of nitrogens with zero attached hydrogens (tertiary/aromatic N) is 1. The fraction of sp³-hybridized carbons (Fsp3) is 0.258. The van der Waals surface area contributed by atoms with E-state index in [1.807, 2.05) is 23.1 Å². The van der Waals surface area contributed by atoms with Gasteiger partial charge in [-0.25, -0.2) is 9.18 Å². The number of rotatable bonds is 10. The molecule has 0 fully saturated rings. The van der Waals surface area contributed by atoms with Crippen molar-refractivity contribution in [2.24, 2.45) is 0 Å². The van der Waals surface area contributed by atoms with E-state index in [9.17, 15) is 9.18 Å². The molecule has 0 bridgehead atoms. The summed E-state index contributed by atoms with van der Waals surface area (Å²) in [7, 11) is 1.32. The van der Waals surface area contributed by atoms with E-state index in [4.69, 9.17) is 9.47 Å². The Hall–Kier alpha value is -4.10. The lowest BCUT2D eigenvalue weighted by Crippen LogP contribution is -2.39. The average Bonchev–Trinajstić information content (AvgIpc) is 2.95. The van der Waals surface area contributed by atoms with Gasteiger partial charge in [0.25, 0.3) is 0 Å². The standard InChI is InChI=1S/C31H31FN2O4/c1-36-31(35)21-37-26-10-5-9-25(19-26)34-20-27(38-30-13-12-24(32)18-29(30)34)15-17-33-16-14-23-8-4-7-22-6-2-3-11-28(22)23/h2-13,18-19,27,33H,14-17,20-21H2,1H3/t27-/m1/s1. The predicted octanol–water partition coefficient (Wildman–Crippen LogP) is 5.65. The largest absolute Gasteiger partial charge is 0.486 e. The molecule has 7 heteroatoms. The Morgan fingerprint density at radius 3 is 2.76 bits per heavy atom. The first-order chi connectivity index (χ1) is 18.6. The quantitative estimate of drug-likeness (QED) is 0.218. The van der Waals surface area contributed by atoms with Crippen molar-refractivity contribution < 1.29 is 23.4 Å². The summed E-state index contributed by atoms with van der Waals surface area (Å²) < 4.78 is 30.6. The first-order valence-corrected chi connectivity index (χ1v) is 12.8. The molecule has 38 heavy (non-hydrogen) atoms. The molecular formula is C31H31FN2O4. The lowest BCUT2D eigenvalue weighted by Gasteiger charge is -2.36. The molecule has 1 aliphatic heterocycles. The fourth-order valence-corrected chi connectivity index (χ4v) is 4.78. The Morgan fingerprint density at radius 1 is 1.03 bits per heavy atom. The maximum atomic E-state index is 14.2. The molecule has 0 radical (unpaired) electrons. The number of anilines is 2. The fourth-order valence-electron chi connectivity index (χ4n) is 4.78. The van der Waals surface area contributed by atoms with Gasteiger partial charge in [-0.2, -0.15) is 0 Å². The topological polar surface area (TPSA) is 60.0 Å². The maximum Gasteiger partial charge on any atom is 0.343 e. The second-order valence-electron chi connectivity index (χ2n) is 9.25. The number of hydrogen-bond donors (Lipinski definition) is 1. The molecule has 196 valence electrons. The number of carbonyl (C=O) groups is 1. The molecule has 4 aromatic rings. The molecule has 5 rings (SSSR count). The third kappa shape index (κ3) is 6.06. The molecule has 0 saturated heterocycles. The van der Waals surface area contributed by atoms with Crippen LogP contribution in [0.4, 0.5) is 15.8 Å². The van der Waals surface area contributed by atoms with E-state index in [0.717, 1.165) is 31.6 Å². The van der Waals surface area contributed by atoms with Crippen LogP contribution in [0, 0.1) is 5.82 Å². The highest BCUT2D eigenvalue weighted by atomic mass is 19.1. The molecule has 0 aliphatic carbocycles. The Balaban J connectivity index is 1.22. The van der Waals surface area contributed by atoms with Crippen LogP contribution < -0.4 is 19.7 Å². The Labute approximate surface area is 221 Å². The van der Waals surface area contributed by atoms with Crippen LogP contribution in [0.2, 0.25) is 0 Å². The number of esters is 1. The number of benzene rings is 4. The summed E-state index contributed by atoms with van der Waals surface area (Å²) in [6.07, 6.45) is 1.65. The summed E-state index contributed by atoms with van der Waals surface area (Å²) in [6.45, 7) is 2.04. The van der Waals surface area contributed by atoms with Crippen molar-refractivity contribution in [1.29, 1.82) is 0 Å². The highest BCUT2D eigenvalue weighted by molar-refractivity contribution is 5.85. The van der Waals surface area contributed by atoms with Gasteiger partial charge in [0, 0.05) is 17.8 Å². The molecule has 1 heterocycles. The van der Waals surface area contributed by atoms with Gasteiger partial charge < -0.3 is 24.4 Å². The molecule has 0 saturated carbocycles. The van der Waals surface area contributed by atoms with Crippen molar-refractivity contribution in [2.75, 3.05) is 38.3 Å². The average molecular weight is 515 g/mol. The molecule has 0 aromatic heterocycles. The lowest BCUT2D eigenvalue weighted by atomic mass is 10.0. The van der Waals surface area contributed by atoms with E-state index in [0.29, 0.717) is 23.7 Å². The highest BCUT2D eigenvalue weighted by Gasteiger charge is 2.27. The number of fused-ring (bicyclic) bond motifs is 2. The van der Waals surface area contributed by atoms with Gasteiger partial charge in [-0.15, -0.1) is 0 Å². The molecule has 1 atom stereocenters. The van der Waals surface area contributed by atoms with Crippen LogP contribution in [0.3, 0.4) is 0 Å². The van der Waals surface area contributed by atoms with Gasteiger partial charge in [0.15, 0.2) is 6.61 Å². The number of carbonyl (C=O) groups excluding carboxylic acids is 1. The molecule has 0 unspecified atom stereocenters. The van der Waals surface area contributed by atoms with Crippen LogP contribution in [-0.4, -0.2) is 45.4 Å². The maximum absolute atomic E-state index is 14.2. The van der Waals surface area contributed by atoms with Crippen LogP contribution in [0.1, 0.15) is 12.0 Å².